The lowest BCUT2D eigenvalue weighted by atomic mass is 9.86. The summed E-state index contributed by atoms with van der Waals surface area (Å²) in [6.07, 6.45) is 9.50. The molecule has 1 nitrogen and oxygen atoms in total. The van der Waals surface area contributed by atoms with Crippen molar-refractivity contribution in [2.24, 2.45) is 5.92 Å². The number of rotatable bonds is 6. The van der Waals surface area contributed by atoms with E-state index in [0.717, 1.165) is 12.0 Å². The maximum Gasteiger partial charge on any atom is 0.00926 e. The smallest absolute Gasteiger partial charge is 0.00926 e. The molecule has 1 N–H and O–H groups in total. The third kappa shape index (κ3) is 4.45. The first-order valence-corrected chi connectivity index (χ1v) is 7.63. The lowest BCUT2D eigenvalue weighted by Crippen LogP contribution is -2.37. The molecule has 0 aliphatic heterocycles. The highest BCUT2D eigenvalue weighted by Crippen LogP contribution is 2.23. The maximum atomic E-state index is 3.76. The van der Waals surface area contributed by atoms with Crippen LogP contribution in [0.4, 0.5) is 0 Å². The summed E-state index contributed by atoms with van der Waals surface area (Å²) in [5.74, 6) is 0.882. The van der Waals surface area contributed by atoms with E-state index in [-0.39, 0.29) is 0 Å². The predicted octanol–water partition coefficient (Wildman–Crippen LogP) is 4.18. The monoisotopic (exact) mass is 245 g/mol. The van der Waals surface area contributed by atoms with Crippen molar-refractivity contribution in [3.63, 3.8) is 0 Å². The molecule has 0 saturated heterocycles. The van der Waals surface area contributed by atoms with Crippen LogP contribution in [0.15, 0.2) is 30.3 Å². The van der Waals surface area contributed by atoms with E-state index in [1.54, 1.807) is 0 Å². The van der Waals surface area contributed by atoms with Gasteiger partial charge >= 0.3 is 0 Å². The van der Waals surface area contributed by atoms with Crippen LogP contribution in [0.1, 0.15) is 51.0 Å². The van der Waals surface area contributed by atoms with Crippen LogP contribution in [0.5, 0.6) is 0 Å². The molecule has 1 aromatic carbocycles. The largest absolute Gasteiger partial charge is 0.314 e. The third-order valence-corrected chi connectivity index (χ3v) is 4.25. The van der Waals surface area contributed by atoms with E-state index >= 15 is 0 Å². The minimum atomic E-state index is 0.787. The van der Waals surface area contributed by atoms with Gasteiger partial charge in [-0.3, -0.25) is 0 Å². The Morgan fingerprint density at radius 1 is 1.06 bits per heavy atom. The molecule has 0 heterocycles. The molecule has 2 atom stereocenters. The molecular weight excluding hydrogens is 218 g/mol. The average molecular weight is 245 g/mol. The van der Waals surface area contributed by atoms with Gasteiger partial charge in [-0.1, -0.05) is 50.1 Å². The molecule has 0 amide bonds. The second-order valence-corrected chi connectivity index (χ2v) is 5.77. The van der Waals surface area contributed by atoms with E-state index in [0.29, 0.717) is 0 Å². The summed E-state index contributed by atoms with van der Waals surface area (Å²) in [4.78, 5) is 0. The van der Waals surface area contributed by atoms with Crippen LogP contribution in [0.3, 0.4) is 0 Å². The normalized spacial score (nSPS) is 24.1. The summed E-state index contributed by atoms with van der Waals surface area (Å²) < 4.78 is 0. The molecule has 0 radical (unpaired) electrons. The topological polar surface area (TPSA) is 12.0 Å². The fraction of sp³-hybridized carbons (Fsp3) is 0.647. The molecule has 18 heavy (non-hydrogen) atoms. The van der Waals surface area contributed by atoms with Crippen molar-refractivity contribution in [3.05, 3.63) is 35.9 Å². The van der Waals surface area contributed by atoms with Gasteiger partial charge in [0.05, 0.1) is 0 Å². The number of nitrogens with one attached hydrogen (secondary N) is 1. The SMILES string of the molecule is CC1CCCCC1NCCCCc1ccccc1. The first-order valence-electron chi connectivity index (χ1n) is 7.63. The van der Waals surface area contributed by atoms with Crippen molar-refractivity contribution < 1.29 is 0 Å². The van der Waals surface area contributed by atoms with Crippen LogP contribution in [0, 0.1) is 5.92 Å². The molecule has 2 unspecified atom stereocenters. The van der Waals surface area contributed by atoms with Gasteiger partial charge in [0.15, 0.2) is 0 Å². The van der Waals surface area contributed by atoms with Gasteiger partial charge in [0.25, 0.3) is 0 Å². The quantitative estimate of drug-likeness (QED) is 0.741. The maximum absolute atomic E-state index is 3.76. The van der Waals surface area contributed by atoms with E-state index in [9.17, 15) is 0 Å². The minimum Gasteiger partial charge on any atom is -0.314 e. The Morgan fingerprint density at radius 2 is 1.83 bits per heavy atom. The second-order valence-electron chi connectivity index (χ2n) is 5.77. The highest BCUT2D eigenvalue weighted by molar-refractivity contribution is 5.14. The average Bonchev–Trinajstić information content (AvgIpc) is 2.42. The van der Waals surface area contributed by atoms with Crippen molar-refractivity contribution in [1.82, 2.24) is 5.32 Å². The second kappa shape index (κ2) is 7.58. The van der Waals surface area contributed by atoms with Crippen molar-refractivity contribution >= 4 is 0 Å². The highest BCUT2D eigenvalue weighted by atomic mass is 14.9. The zero-order valence-electron chi connectivity index (χ0n) is 11.7. The fourth-order valence-electron chi connectivity index (χ4n) is 3.01. The standard InChI is InChI=1S/C17H27N/c1-15-9-5-6-13-17(15)18-14-8-7-12-16-10-3-2-4-11-16/h2-4,10-11,15,17-18H,5-9,12-14H2,1H3. The van der Waals surface area contributed by atoms with Crippen LogP contribution in [0.25, 0.3) is 0 Å². The number of hydrogen-bond donors (Lipinski definition) is 1. The molecule has 0 spiro atoms. The van der Waals surface area contributed by atoms with Gasteiger partial charge in [-0.15, -0.1) is 0 Å². The molecule has 1 aliphatic rings. The Kier molecular flexibility index (Phi) is 5.73. The Bertz CT molecular complexity index is 320. The number of unbranched alkanes of at least 4 members (excludes halogenated alkanes) is 1. The van der Waals surface area contributed by atoms with Gasteiger partial charge in [-0.05, 0) is 50.1 Å². The Balaban J connectivity index is 1.56. The van der Waals surface area contributed by atoms with Gasteiger partial charge < -0.3 is 5.32 Å². The highest BCUT2D eigenvalue weighted by Gasteiger charge is 2.19. The number of hydrogen-bond acceptors (Lipinski definition) is 1. The van der Waals surface area contributed by atoms with E-state index in [2.05, 4.69) is 42.6 Å². The molecule has 1 saturated carbocycles. The number of aryl methyl sites for hydroxylation is 1. The van der Waals surface area contributed by atoms with E-state index in [1.807, 2.05) is 0 Å². The summed E-state index contributed by atoms with van der Waals surface area (Å²) in [5.41, 5.74) is 1.48. The van der Waals surface area contributed by atoms with Gasteiger partial charge in [-0.25, -0.2) is 0 Å². The van der Waals surface area contributed by atoms with Crippen LogP contribution in [-0.4, -0.2) is 12.6 Å². The molecular formula is C17H27N. The third-order valence-electron chi connectivity index (χ3n) is 4.25. The summed E-state index contributed by atoms with van der Waals surface area (Å²) >= 11 is 0. The lowest BCUT2D eigenvalue weighted by Gasteiger charge is -2.29. The van der Waals surface area contributed by atoms with Crippen LogP contribution in [0.2, 0.25) is 0 Å². The Morgan fingerprint density at radius 3 is 2.61 bits per heavy atom. The zero-order chi connectivity index (χ0) is 12.6. The van der Waals surface area contributed by atoms with Crippen LogP contribution < -0.4 is 5.32 Å². The summed E-state index contributed by atoms with van der Waals surface area (Å²) in [5, 5.41) is 3.76. The molecule has 1 aromatic rings. The summed E-state index contributed by atoms with van der Waals surface area (Å²) in [6.45, 7) is 3.60. The molecule has 1 heteroatoms. The van der Waals surface area contributed by atoms with Gasteiger partial charge in [0, 0.05) is 6.04 Å². The molecule has 2 rings (SSSR count). The van der Waals surface area contributed by atoms with E-state index < -0.39 is 0 Å². The first-order chi connectivity index (χ1) is 8.86. The van der Waals surface area contributed by atoms with Crippen LogP contribution in [-0.2, 0) is 6.42 Å². The van der Waals surface area contributed by atoms with E-state index in [1.165, 1.54) is 57.1 Å². The lowest BCUT2D eigenvalue weighted by molar-refractivity contribution is 0.280. The van der Waals surface area contributed by atoms with Crippen molar-refractivity contribution in [2.45, 2.75) is 57.9 Å². The summed E-state index contributed by atoms with van der Waals surface area (Å²) in [6, 6.07) is 11.6. The van der Waals surface area contributed by atoms with Gasteiger partial charge in [-0.2, -0.15) is 0 Å². The van der Waals surface area contributed by atoms with Crippen molar-refractivity contribution in [3.8, 4) is 0 Å². The zero-order valence-corrected chi connectivity index (χ0v) is 11.7. The molecule has 0 bridgehead atoms. The first kappa shape index (κ1) is 13.6. The number of benzene rings is 1. The fourth-order valence-corrected chi connectivity index (χ4v) is 3.01. The van der Waals surface area contributed by atoms with Crippen molar-refractivity contribution in [1.29, 1.82) is 0 Å². The van der Waals surface area contributed by atoms with Crippen molar-refractivity contribution in [2.75, 3.05) is 6.54 Å². The summed E-state index contributed by atoms with van der Waals surface area (Å²) in [7, 11) is 0. The van der Waals surface area contributed by atoms with Crippen LogP contribution >= 0.6 is 0 Å². The van der Waals surface area contributed by atoms with E-state index in [4.69, 9.17) is 0 Å². The van der Waals surface area contributed by atoms with Gasteiger partial charge in [0.2, 0.25) is 0 Å². The Hall–Kier alpha value is -0.820. The Labute approximate surface area is 112 Å². The predicted molar refractivity (Wildman–Crippen MR) is 78.8 cm³/mol. The molecule has 0 aromatic heterocycles. The molecule has 1 fully saturated rings. The minimum absolute atomic E-state index is 0.787. The molecule has 1 aliphatic carbocycles. The molecule has 100 valence electrons. The van der Waals surface area contributed by atoms with Gasteiger partial charge in [0.1, 0.15) is 0 Å².